The largest absolute Gasteiger partial charge is 0.463 e. The van der Waals surface area contributed by atoms with Crippen LogP contribution in [0.1, 0.15) is 13.3 Å². The Morgan fingerprint density at radius 2 is 1.80 bits per heavy atom. The summed E-state index contributed by atoms with van der Waals surface area (Å²) in [7, 11) is -0.0294. The van der Waals surface area contributed by atoms with E-state index in [4.69, 9.17) is 14.2 Å². The third kappa shape index (κ3) is 11.4. The fraction of sp³-hybridized carbons (Fsp3) is 0.889. The third-order valence-corrected chi connectivity index (χ3v) is 1.88. The number of rotatable bonds is 10. The van der Waals surface area contributed by atoms with E-state index in [1.165, 1.54) is 0 Å². The SMILES string of the molecule is CCOCCOCCOC(=O)CCP=O. The molecule has 0 radical (unpaired) electrons. The molecule has 0 bridgehead atoms. The Morgan fingerprint density at radius 1 is 1.13 bits per heavy atom. The zero-order valence-corrected chi connectivity index (χ0v) is 9.83. The molecule has 0 aliphatic heterocycles. The lowest BCUT2D eigenvalue weighted by atomic mass is 10.5. The van der Waals surface area contributed by atoms with Crippen molar-refractivity contribution in [3.8, 4) is 0 Å². The molecule has 0 N–H and O–H groups in total. The summed E-state index contributed by atoms with van der Waals surface area (Å²) in [6.07, 6.45) is 0.494. The highest BCUT2D eigenvalue weighted by Crippen LogP contribution is 1.96. The topological polar surface area (TPSA) is 61.8 Å². The summed E-state index contributed by atoms with van der Waals surface area (Å²) in [5.41, 5.74) is 0. The van der Waals surface area contributed by atoms with Gasteiger partial charge in [0.25, 0.3) is 0 Å². The number of esters is 1. The molecular weight excluding hydrogens is 219 g/mol. The lowest BCUT2D eigenvalue weighted by Gasteiger charge is -2.05. The highest BCUT2D eigenvalue weighted by atomic mass is 31.1. The van der Waals surface area contributed by atoms with Crippen molar-refractivity contribution in [3.05, 3.63) is 0 Å². The van der Waals surface area contributed by atoms with Crippen molar-refractivity contribution in [2.75, 3.05) is 39.2 Å². The molecular formula is C9H17O5P. The van der Waals surface area contributed by atoms with Crippen LogP contribution in [0.5, 0.6) is 0 Å². The second-order valence-corrected chi connectivity index (χ2v) is 3.34. The molecule has 0 amide bonds. The normalized spacial score (nSPS) is 10.5. The van der Waals surface area contributed by atoms with Crippen LogP contribution >= 0.6 is 8.46 Å². The van der Waals surface area contributed by atoms with Gasteiger partial charge in [-0.1, -0.05) is 0 Å². The lowest BCUT2D eigenvalue weighted by Crippen LogP contribution is -2.12. The Morgan fingerprint density at radius 3 is 2.47 bits per heavy atom. The molecule has 0 aromatic heterocycles. The van der Waals surface area contributed by atoms with E-state index in [-0.39, 0.29) is 27.5 Å². The molecule has 0 saturated carbocycles. The Bertz CT molecular complexity index is 174. The van der Waals surface area contributed by atoms with E-state index < -0.39 is 0 Å². The zero-order valence-electron chi connectivity index (χ0n) is 8.94. The van der Waals surface area contributed by atoms with Crippen molar-refractivity contribution in [2.24, 2.45) is 0 Å². The van der Waals surface area contributed by atoms with E-state index in [0.717, 1.165) is 0 Å². The van der Waals surface area contributed by atoms with Gasteiger partial charge < -0.3 is 14.2 Å². The lowest BCUT2D eigenvalue weighted by molar-refractivity contribution is -0.144. The number of carbonyl (C=O) groups excluding carboxylic acids is 1. The molecule has 0 aliphatic carbocycles. The molecule has 0 spiro atoms. The van der Waals surface area contributed by atoms with Gasteiger partial charge in [0.05, 0.1) is 26.2 Å². The minimum Gasteiger partial charge on any atom is -0.463 e. The average molecular weight is 236 g/mol. The average Bonchev–Trinajstić information content (AvgIpc) is 2.25. The molecule has 0 rings (SSSR count). The first-order chi connectivity index (χ1) is 7.31. The molecule has 0 fully saturated rings. The monoisotopic (exact) mass is 236 g/mol. The Kier molecular flexibility index (Phi) is 11.2. The van der Waals surface area contributed by atoms with E-state index in [9.17, 15) is 9.36 Å². The van der Waals surface area contributed by atoms with Crippen molar-refractivity contribution in [1.82, 2.24) is 0 Å². The first-order valence-electron chi connectivity index (χ1n) is 4.91. The van der Waals surface area contributed by atoms with E-state index in [1.807, 2.05) is 6.92 Å². The fourth-order valence-electron chi connectivity index (χ4n) is 0.788. The molecule has 88 valence electrons. The fourth-order valence-corrected chi connectivity index (χ4v) is 1.06. The summed E-state index contributed by atoms with van der Waals surface area (Å²) in [4.78, 5) is 10.9. The van der Waals surface area contributed by atoms with E-state index in [2.05, 4.69) is 0 Å². The summed E-state index contributed by atoms with van der Waals surface area (Å²) >= 11 is 0. The second-order valence-electron chi connectivity index (χ2n) is 2.63. The molecule has 0 aromatic carbocycles. The maximum absolute atomic E-state index is 10.9. The maximum atomic E-state index is 10.9. The van der Waals surface area contributed by atoms with Crippen LogP contribution < -0.4 is 0 Å². The van der Waals surface area contributed by atoms with Gasteiger partial charge in [-0.15, -0.1) is 0 Å². The molecule has 0 saturated heterocycles. The van der Waals surface area contributed by atoms with Crippen molar-refractivity contribution in [3.63, 3.8) is 0 Å². The molecule has 0 aliphatic rings. The molecule has 0 heterocycles. The van der Waals surface area contributed by atoms with Crippen molar-refractivity contribution < 1.29 is 23.6 Å². The van der Waals surface area contributed by atoms with Crippen LogP contribution in [0.25, 0.3) is 0 Å². The molecule has 0 unspecified atom stereocenters. The van der Waals surface area contributed by atoms with Crippen LogP contribution in [0, 0.1) is 0 Å². The van der Waals surface area contributed by atoms with Crippen LogP contribution in [0.15, 0.2) is 0 Å². The van der Waals surface area contributed by atoms with Crippen LogP contribution in [0.3, 0.4) is 0 Å². The highest BCUT2D eigenvalue weighted by molar-refractivity contribution is 7.23. The summed E-state index contributed by atoms with van der Waals surface area (Å²) < 4.78 is 25.0. The van der Waals surface area contributed by atoms with E-state index >= 15 is 0 Å². The first-order valence-corrected chi connectivity index (χ1v) is 5.91. The number of hydrogen-bond acceptors (Lipinski definition) is 5. The van der Waals surface area contributed by atoms with Gasteiger partial charge in [0.2, 0.25) is 0 Å². The Hall–Kier alpha value is -0.510. The summed E-state index contributed by atoms with van der Waals surface area (Å²) in [5.74, 6) is -0.341. The standard InChI is InChI=1S/C9H17O5P/c1-2-12-4-5-13-6-7-14-9(10)3-8-15-11/h2-8H2,1H3. The predicted molar refractivity (Wildman–Crippen MR) is 55.4 cm³/mol. The highest BCUT2D eigenvalue weighted by Gasteiger charge is 2.01. The zero-order chi connectivity index (χ0) is 11.4. The summed E-state index contributed by atoms with van der Waals surface area (Å²) in [6.45, 7) is 4.25. The van der Waals surface area contributed by atoms with Gasteiger partial charge in [0.1, 0.15) is 6.61 Å². The van der Waals surface area contributed by atoms with Gasteiger partial charge in [0, 0.05) is 12.8 Å². The van der Waals surface area contributed by atoms with Gasteiger partial charge in [-0.2, -0.15) is 0 Å². The van der Waals surface area contributed by atoms with E-state index in [1.54, 1.807) is 0 Å². The molecule has 0 atom stereocenters. The van der Waals surface area contributed by atoms with Crippen LogP contribution in [0.2, 0.25) is 0 Å². The van der Waals surface area contributed by atoms with E-state index in [0.29, 0.717) is 32.6 Å². The maximum Gasteiger partial charge on any atom is 0.306 e. The van der Waals surface area contributed by atoms with Crippen LogP contribution in [-0.4, -0.2) is 45.2 Å². The molecule has 5 nitrogen and oxygen atoms in total. The quantitative estimate of drug-likeness (QED) is 0.324. The summed E-state index contributed by atoms with van der Waals surface area (Å²) in [5, 5.41) is 0. The van der Waals surface area contributed by atoms with Gasteiger partial charge >= 0.3 is 5.97 Å². The van der Waals surface area contributed by atoms with Crippen LogP contribution in [0.4, 0.5) is 0 Å². The first kappa shape index (κ1) is 14.5. The number of ether oxygens (including phenoxy) is 3. The van der Waals surface area contributed by atoms with Gasteiger partial charge in [0.15, 0.2) is 8.46 Å². The predicted octanol–water partition coefficient (Wildman–Crippen LogP) is 1.26. The molecule has 15 heavy (non-hydrogen) atoms. The third-order valence-electron chi connectivity index (χ3n) is 1.47. The van der Waals surface area contributed by atoms with Crippen LogP contribution in [-0.2, 0) is 23.6 Å². The van der Waals surface area contributed by atoms with Crippen molar-refractivity contribution >= 4 is 14.4 Å². The van der Waals surface area contributed by atoms with Crippen molar-refractivity contribution in [1.29, 1.82) is 0 Å². The molecule has 6 heteroatoms. The minimum absolute atomic E-state index is 0.0294. The van der Waals surface area contributed by atoms with Gasteiger partial charge in [-0.3, -0.25) is 9.36 Å². The smallest absolute Gasteiger partial charge is 0.306 e. The molecule has 0 aromatic rings. The summed E-state index contributed by atoms with van der Waals surface area (Å²) in [6, 6.07) is 0. The number of carbonyl (C=O) groups is 1. The minimum atomic E-state index is -0.341. The Balaban J connectivity index is 3.09. The van der Waals surface area contributed by atoms with Gasteiger partial charge in [-0.25, -0.2) is 0 Å². The Labute approximate surface area is 91.3 Å². The second kappa shape index (κ2) is 11.6. The number of hydrogen-bond donors (Lipinski definition) is 0. The van der Waals surface area contributed by atoms with Gasteiger partial charge in [-0.05, 0) is 6.92 Å². The van der Waals surface area contributed by atoms with Crippen molar-refractivity contribution in [2.45, 2.75) is 13.3 Å².